The van der Waals surface area contributed by atoms with Crippen LogP contribution in [0.3, 0.4) is 0 Å². The number of hydrogen-bond donors (Lipinski definition) is 1. The van der Waals surface area contributed by atoms with Crippen molar-refractivity contribution in [3.8, 4) is 28.3 Å². The lowest BCUT2D eigenvalue weighted by atomic mass is 9.85. The van der Waals surface area contributed by atoms with Gasteiger partial charge in [0, 0.05) is 11.1 Å². The van der Waals surface area contributed by atoms with Crippen molar-refractivity contribution in [3.05, 3.63) is 72.3 Å². The Bertz CT molecular complexity index is 817. The quantitative estimate of drug-likeness (QED) is 0.686. The van der Waals surface area contributed by atoms with Crippen LogP contribution < -0.4 is 0 Å². The first kappa shape index (κ1) is 15.3. The lowest BCUT2D eigenvalue weighted by Gasteiger charge is -2.21. The first-order chi connectivity index (χ1) is 10.9. The monoisotopic (exact) mass is 303 g/mol. The highest BCUT2D eigenvalue weighted by atomic mass is 16.3. The van der Waals surface area contributed by atoms with Gasteiger partial charge in [0.1, 0.15) is 5.75 Å². The van der Waals surface area contributed by atoms with E-state index in [1.54, 1.807) is 6.07 Å². The van der Waals surface area contributed by atoms with E-state index in [1.165, 1.54) is 5.56 Å². The number of phenols is 1. The van der Waals surface area contributed by atoms with E-state index in [0.717, 1.165) is 22.5 Å². The Morgan fingerprint density at radius 2 is 1.39 bits per heavy atom. The maximum absolute atomic E-state index is 10.2. The van der Waals surface area contributed by atoms with Gasteiger partial charge >= 0.3 is 0 Å². The third-order valence-electron chi connectivity index (χ3n) is 3.94. The summed E-state index contributed by atoms with van der Waals surface area (Å²) in [5.74, 6) is 0.255. The van der Waals surface area contributed by atoms with Crippen LogP contribution in [-0.4, -0.2) is 10.1 Å². The van der Waals surface area contributed by atoms with Crippen LogP contribution in [0.1, 0.15) is 26.3 Å². The van der Waals surface area contributed by atoms with Crippen LogP contribution in [0.5, 0.6) is 5.75 Å². The van der Waals surface area contributed by atoms with Gasteiger partial charge in [0.15, 0.2) is 0 Å². The number of pyridine rings is 1. The Hall–Kier alpha value is -2.61. The van der Waals surface area contributed by atoms with Gasteiger partial charge in [-0.15, -0.1) is 0 Å². The second-order valence-electron chi connectivity index (χ2n) is 6.76. The molecule has 1 N–H and O–H groups in total. The Labute approximate surface area is 137 Å². The van der Waals surface area contributed by atoms with Crippen LogP contribution in [-0.2, 0) is 5.41 Å². The van der Waals surface area contributed by atoms with Crippen molar-refractivity contribution in [1.29, 1.82) is 0 Å². The number of aromatic nitrogens is 1. The van der Waals surface area contributed by atoms with Crippen LogP contribution in [0.25, 0.3) is 22.5 Å². The van der Waals surface area contributed by atoms with E-state index in [0.29, 0.717) is 0 Å². The molecule has 0 saturated heterocycles. The van der Waals surface area contributed by atoms with E-state index >= 15 is 0 Å². The van der Waals surface area contributed by atoms with E-state index in [4.69, 9.17) is 4.98 Å². The van der Waals surface area contributed by atoms with Crippen LogP contribution in [0.15, 0.2) is 66.7 Å². The standard InChI is InChI=1S/C21H21NO/c1-21(2,3)16-13-18(15-9-5-4-6-10-15)22-19(14-16)17-11-7-8-12-20(17)23/h4-14,23H,1-3H3. The second kappa shape index (κ2) is 5.88. The molecule has 1 aromatic heterocycles. The third-order valence-corrected chi connectivity index (χ3v) is 3.94. The summed E-state index contributed by atoms with van der Waals surface area (Å²) in [5, 5.41) is 10.2. The summed E-state index contributed by atoms with van der Waals surface area (Å²) in [7, 11) is 0. The van der Waals surface area contributed by atoms with Crippen LogP contribution >= 0.6 is 0 Å². The van der Waals surface area contributed by atoms with Crippen LogP contribution in [0, 0.1) is 0 Å². The first-order valence-corrected chi connectivity index (χ1v) is 7.81. The van der Waals surface area contributed by atoms with Gasteiger partial charge in [0.25, 0.3) is 0 Å². The van der Waals surface area contributed by atoms with Crippen molar-refractivity contribution >= 4 is 0 Å². The molecular weight excluding hydrogens is 282 g/mol. The third kappa shape index (κ3) is 3.26. The molecule has 2 aromatic carbocycles. The fourth-order valence-corrected chi connectivity index (χ4v) is 2.55. The molecule has 1 heterocycles. The molecule has 0 saturated carbocycles. The van der Waals surface area contributed by atoms with E-state index in [-0.39, 0.29) is 11.2 Å². The number of aromatic hydroxyl groups is 1. The lowest BCUT2D eigenvalue weighted by molar-refractivity contribution is 0.477. The van der Waals surface area contributed by atoms with Gasteiger partial charge in [-0.2, -0.15) is 0 Å². The zero-order chi connectivity index (χ0) is 16.4. The van der Waals surface area contributed by atoms with Gasteiger partial charge < -0.3 is 5.11 Å². The topological polar surface area (TPSA) is 33.1 Å². The predicted molar refractivity (Wildman–Crippen MR) is 95.5 cm³/mol. The van der Waals surface area contributed by atoms with Crippen LogP contribution in [0.4, 0.5) is 0 Å². The minimum Gasteiger partial charge on any atom is -0.507 e. The summed E-state index contributed by atoms with van der Waals surface area (Å²) in [6.45, 7) is 6.56. The lowest BCUT2D eigenvalue weighted by Crippen LogP contribution is -2.12. The maximum atomic E-state index is 10.2. The molecule has 3 aromatic rings. The van der Waals surface area contributed by atoms with Crippen molar-refractivity contribution in [1.82, 2.24) is 4.98 Å². The normalized spacial score (nSPS) is 11.4. The number of para-hydroxylation sites is 1. The highest BCUT2D eigenvalue weighted by molar-refractivity contribution is 5.71. The first-order valence-electron chi connectivity index (χ1n) is 7.81. The Balaban J connectivity index is 2.23. The molecule has 0 amide bonds. The molecule has 0 radical (unpaired) electrons. The summed E-state index contributed by atoms with van der Waals surface area (Å²) in [5.41, 5.74) is 4.77. The van der Waals surface area contributed by atoms with Gasteiger partial charge in [-0.3, -0.25) is 0 Å². The molecule has 23 heavy (non-hydrogen) atoms. The molecule has 116 valence electrons. The van der Waals surface area contributed by atoms with Crippen LogP contribution in [0.2, 0.25) is 0 Å². The average molecular weight is 303 g/mol. The molecule has 2 nitrogen and oxygen atoms in total. The fraction of sp³-hybridized carbons (Fsp3) is 0.190. The van der Waals surface area contributed by atoms with Gasteiger partial charge in [0.2, 0.25) is 0 Å². The van der Waals surface area contributed by atoms with Gasteiger partial charge in [-0.05, 0) is 35.2 Å². The summed E-state index contributed by atoms with van der Waals surface area (Å²) >= 11 is 0. The summed E-state index contributed by atoms with van der Waals surface area (Å²) < 4.78 is 0. The Kier molecular flexibility index (Phi) is 3.91. The minimum absolute atomic E-state index is 0.00558. The second-order valence-corrected chi connectivity index (χ2v) is 6.76. The van der Waals surface area contributed by atoms with E-state index in [1.807, 2.05) is 36.4 Å². The molecular formula is C21H21NO. The minimum atomic E-state index is 0.00558. The largest absolute Gasteiger partial charge is 0.507 e. The SMILES string of the molecule is CC(C)(C)c1cc(-c2ccccc2)nc(-c2ccccc2O)c1. The predicted octanol–water partition coefficient (Wildman–Crippen LogP) is 5.42. The molecule has 0 fully saturated rings. The zero-order valence-corrected chi connectivity index (χ0v) is 13.7. The summed E-state index contributed by atoms with van der Waals surface area (Å²) in [6.07, 6.45) is 0. The van der Waals surface area contributed by atoms with Gasteiger partial charge in [-0.1, -0.05) is 63.2 Å². The van der Waals surface area contributed by atoms with Crippen molar-refractivity contribution < 1.29 is 5.11 Å². The number of benzene rings is 2. The van der Waals surface area contributed by atoms with Crippen molar-refractivity contribution in [2.24, 2.45) is 0 Å². The number of phenolic OH excluding ortho intramolecular Hbond substituents is 1. The zero-order valence-electron chi connectivity index (χ0n) is 13.7. The molecule has 0 atom stereocenters. The molecule has 0 bridgehead atoms. The Morgan fingerprint density at radius 1 is 0.783 bits per heavy atom. The van der Waals surface area contributed by atoms with E-state index in [9.17, 15) is 5.11 Å². The molecule has 2 heteroatoms. The maximum Gasteiger partial charge on any atom is 0.124 e. The van der Waals surface area contributed by atoms with Crippen molar-refractivity contribution in [2.45, 2.75) is 26.2 Å². The number of rotatable bonds is 2. The summed E-state index contributed by atoms with van der Waals surface area (Å²) in [6, 6.07) is 21.7. The van der Waals surface area contributed by atoms with E-state index in [2.05, 4.69) is 45.0 Å². The van der Waals surface area contributed by atoms with E-state index < -0.39 is 0 Å². The highest BCUT2D eigenvalue weighted by Gasteiger charge is 2.18. The van der Waals surface area contributed by atoms with Gasteiger partial charge in [0.05, 0.1) is 11.4 Å². The van der Waals surface area contributed by atoms with Crippen molar-refractivity contribution in [2.75, 3.05) is 0 Å². The molecule has 0 aliphatic rings. The Morgan fingerprint density at radius 3 is 2.04 bits per heavy atom. The van der Waals surface area contributed by atoms with Crippen molar-refractivity contribution in [3.63, 3.8) is 0 Å². The number of nitrogens with zero attached hydrogens (tertiary/aromatic N) is 1. The molecule has 0 spiro atoms. The number of hydrogen-bond acceptors (Lipinski definition) is 2. The fourth-order valence-electron chi connectivity index (χ4n) is 2.55. The smallest absolute Gasteiger partial charge is 0.124 e. The molecule has 3 rings (SSSR count). The highest BCUT2D eigenvalue weighted by Crippen LogP contribution is 2.33. The molecule has 0 unspecified atom stereocenters. The molecule has 0 aliphatic carbocycles. The average Bonchev–Trinajstić information content (AvgIpc) is 2.55. The van der Waals surface area contributed by atoms with Gasteiger partial charge in [-0.25, -0.2) is 4.98 Å². The molecule has 0 aliphatic heterocycles. The summed E-state index contributed by atoms with van der Waals surface area (Å²) in [4.78, 5) is 4.79.